The zero-order valence-electron chi connectivity index (χ0n) is 16.5. The van der Waals surface area contributed by atoms with E-state index < -0.39 is 0 Å². The maximum atomic E-state index is 12.7. The molecule has 1 aromatic heterocycles. The predicted octanol–water partition coefficient (Wildman–Crippen LogP) is 5.45. The van der Waals surface area contributed by atoms with E-state index in [1.165, 1.54) is 5.56 Å². The van der Waals surface area contributed by atoms with Gasteiger partial charge in [0.25, 0.3) is 5.91 Å². The maximum Gasteiger partial charge on any atom is 0.257 e. The van der Waals surface area contributed by atoms with Gasteiger partial charge in [-0.25, -0.2) is 0 Å². The van der Waals surface area contributed by atoms with Gasteiger partial charge in [-0.05, 0) is 57.2 Å². The first kappa shape index (κ1) is 19.6. The molecule has 3 rings (SSSR count). The normalized spacial score (nSPS) is 11.7. The highest BCUT2D eigenvalue weighted by atomic mass is 16.5. The number of carbonyl (C=O) groups excluding carboxylic acids is 1. The first-order valence-corrected chi connectivity index (χ1v) is 9.12. The number of hydrogen-bond acceptors (Lipinski definition) is 4. The van der Waals surface area contributed by atoms with Gasteiger partial charge >= 0.3 is 0 Å². The lowest BCUT2D eigenvalue weighted by molar-refractivity contribution is 0.102. The molecule has 0 saturated heterocycles. The highest BCUT2D eigenvalue weighted by Gasteiger charge is 2.14. The van der Waals surface area contributed by atoms with Crippen LogP contribution in [0.3, 0.4) is 0 Å². The molecular weight excluding hydrogens is 352 g/mol. The van der Waals surface area contributed by atoms with Crippen molar-refractivity contribution in [2.24, 2.45) is 0 Å². The molecule has 1 unspecified atom stereocenters. The molecule has 0 saturated carbocycles. The molecule has 0 spiro atoms. The van der Waals surface area contributed by atoms with Gasteiger partial charge in [0.15, 0.2) is 0 Å². The van der Waals surface area contributed by atoms with Gasteiger partial charge in [-0.2, -0.15) is 0 Å². The number of carbonyl (C=O) groups is 1. The standard InChI is InChI=1S/C23H24N2O3/c1-15-8-10-19(11-9-15)28-20-7-5-6-18(14-20)25-23(26)21-12-13-22(17(3)27-4)24-16(21)2/h5-14,17H,1-4H3,(H,25,26). The Labute approximate surface area is 165 Å². The number of hydrogen-bond donors (Lipinski definition) is 1. The summed E-state index contributed by atoms with van der Waals surface area (Å²) in [5.41, 5.74) is 3.81. The average Bonchev–Trinajstić information content (AvgIpc) is 2.69. The average molecular weight is 376 g/mol. The molecule has 0 aliphatic rings. The SMILES string of the molecule is COC(C)c1ccc(C(=O)Nc2cccc(Oc3ccc(C)cc3)c2)c(C)n1. The van der Waals surface area contributed by atoms with Gasteiger partial charge in [0.05, 0.1) is 23.1 Å². The van der Waals surface area contributed by atoms with E-state index in [9.17, 15) is 4.79 Å². The van der Waals surface area contributed by atoms with E-state index in [0.717, 1.165) is 11.4 Å². The summed E-state index contributed by atoms with van der Waals surface area (Å²) in [6.45, 7) is 5.76. The Bertz CT molecular complexity index is 968. The van der Waals surface area contributed by atoms with Gasteiger partial charge < -0.3 is 14.8 Å². The third-order valence-electron chi connectivity index (χ3n) is 4.47. The van der Waals surface area contributed by atoms with Crippen molar-refractivity contribution in [3.05, 3.63) is 83.2 Å². The summed E-state index contributed by atoms with van der Waals surface area (Å²) in [5, 5.41) is 2.91. The maximum absolute atomic E-state index is 12.7. The molecule has 0 fully saturated rings. The van der Waals surface area contributed by atoms with Crippen LogP contribution in [0.1, 0.15) is 40.3 Å². The van der Waals surface area contributed by atoms with Crippen LogP contribution in [-0.4, -0.2) is 18.0 Å². The first-order chi connectivity index (χ1) is 13.5. The van der Waals surface area contributed by atoms with Crippen LogP contribution in [0.5, 0.6) is 11.5 Å². The fraction of sp³-hybridized carbons (Fsp3) is 0.217. The van der Waals surface area contributed by atoms with Crippen molar-refractivity contribution < 1.29 is 14.3 Å². The summed E-state index contributed by atoms with van der Waals surface area (Å²) < 4.78 is 11.1. The van der Waals surface area contributed by atoms with Crippen LogP contribution in [0, 0.1) is 13.8 Å². The van der Waals surface area contributed by atoms with Crippen LogP contribution in [0.2, 0.25) is 0 Å². The van der Waals surface area contributed by atoms with Gasteiger partial charge in [-0.1, -0.05) is 23.8 Å². The number of methoxy groups -OCH3 is 1. The quantitative estimate of drug-likeness (QED) is 0.621. The molecule has 0 radical (unpaired) electrons. The number of amides is 1. The van der Waals surface area contributed by atoms with Crippen LogP contribution in [0.15, 0.2) is 60.7 Å². The number of ether oxygens (including phenoxy) is 2. The topological polar surface area (TPSA) is 60.5 Å². The van der Waals surface area contributed by atoms with Crippen molar-refractivity contribution >= 4 is 11.6 Å². The molecular formula is C23H24N2O3. The van der Waals surface area contributed by atoms with Crippen molar-refractivity contribution in [2.75, 3.05) is 12.4 Å². The van der Waals surface area contributed by atoms with Crippen LogP contribution in [0.4, 0.5) is 5.69 Å². The Hall–Kier alpha value is -3.18. The van der Waals surface area contributed by atoms with Gasteiger partial charge in [-0.15, -0.1) is 0 Å². The highest BCUT2D eigenvalue weighted by Crippen LogP contribution is 2.25. The molecule has 1 heterocycles. The summed E-state index contributed by atoms with van der Waals surface area (Å²) in [6.07, 6.45) is -0.119. The zero-order chi connectivity index (χ0) is 20.1. The summed E-state index contributed by atoms with van der Waals surface area (Å²) >= 11 is 0. The summed E-state index contributed by atoms with van der Waals surface area (Å²) in [4.78, 5) is 17.1. The van der Waals surface area contributed by atoms with Crippen LogP contribution < -0.4 is 10.1 Å². The van der Waals surface area contributed by atoms with E-state index in [2.05, 4.69) is 10.3 Å². The van der Waals surface area contributed by atoms with E-state index in [0.29, 0.717) is 22.7 Å². The predicted molar refractivity (Wildman–Crippen MR) is 110 cm³/mol. The lowest BCUT2D eigenvalue weighted by atomic mass is 10.1. The fourth-order valence-corrected chi connectivity index (χ4v) is 2.75. The number of aryl methyl sites for hydroxylation is 2. The number of nitrogens with one attached hydrogen (secondary N) is 1. The van der Waals surface area contributed by atoms with E-state index in [-0.39, 0.29) is 12.0 Å². The van der Waals surface area contributed by atoms with Crippen molar-refractivity contribution in [1.82, 2.24) is 4.98 Å². The molecule has 1 atom stereocenters. The lowest BCUT2D eigenvalue weighted by Crippen LogP contribution is -2.15. The third kappa shape index (κ3) is 4.75. The third-order valence-corrected chi connectivity index (χ3v) is 4.47. The van der Waals surface area contributed by atoms with Crippen LogP contribution >= 0.6 is 0 Å². The summed E-state index contributed by atoms with van der Waals surface area (Å²) in [6, 6.07) is 18.7. The van der Waals surface area contributed by atoms with E-state index in [1.807, 2.05) is 69.3 Å². The minimum absolute atomic E-state index is 0.119. The minimum Gasteiger partial charge on any atom is -0.457 e. The second-order valence-electron chi connectivity index (χ2n) is 6.64. The largest absolute Gasteiger partial charge is 0.457 e. The highest BCUT2D eigenvalue weighted by molar-refractivity contribution is 6.05. The summed E-state index contributed by atoms with van der Waals surface area (Å²) in [5.74, 6) is 1.19. The second kappa shape index (κ2) is 8.67. The number of aromatic nitrogens is 1. The number of nitrogens with zero attached hydrogens (tertiary/aromatic N) is 1. The molecule has 5 heteroatoms. The Morgan fingerprint density at radius 3 is 2.43 bits per heavy atom. The summed E-state index contributed by atoms with van der Waals surface area (Å²) in [7, 11) is 1.63. The van der Waals surface area contributed by atoms with E-state index in [1.54, 1.807) is 19.2 Å². The van der Waals surface area contributed by atoms with Gasteiger partial charge in [0.2, 0.25) is 0 Å². The monoisotopic (exact) mass is 376 g/mol. The smallest absolute Gasteiger partial charge is 0.257 e. The van der Waals surface area contributed by atoms with Gasteiger partial charge in [0, 0.05) is 18.9 Å². The fourth-order valence-electron chi connectivity index (χ4n) is 2.75. The van der Waals surface area contributed by atoms with Crippen LogP contribution in [0.25, 0.3) is 0 Å². The molecule has 0 aliphatic carbocycles. The second-order valence-corrected chi connectivity index (χ2v) is 6.64. The van der Waals surface area contributed by atoms with Crippen molar-refractivity contribution in [3.63, 3.8) is 0 Å². The number of pyridine rings is 1. The molecule has 144 valence electrons. The minimum atomic E-state index is -0.214. The van der Waals surface area contributed by atoms with Crippen LogP contribution in [-0.2, 0) is 4.74 Å². The zero-order valence-corrected chi connectivity index (χ0v) is 16.5. The Kier molecular flexibility index (Phi) is 6.06. The number of anilines is 1. The Morgan fingerprint density at radius 2 is 1.75 bits per heavy atom. The van der Waals surface area contributed by atoms with Crippen molar-refractivity contribution in [1.29, 1.82) is 0 Å². The molecule has 0 aliphatic heterocycles. The lowest BCUT2D eigenvalue weighted by Gasteiger charge is -2.13. The van der Waals surface area contributed by atoms with E-state index >= 15 is 0 Å². The van der Waals surface area contributed by atoms with Gasteiger partial charge in [-0.3, -0.25) is 9.78 Å². The molecule has 28 heavy (non-hydrogen) atoms. The molecule has 3 aromatic rings. The number of rotatable bonds is 6. The Morgan fingerprint density at radius 1 is 1.00 bits per heavy atom. The molecule has 5 nitrogen and oxygen atoms in total. The van der Waals surface area contributed by atoms with E-state index in [4.69, 9.17) is 9.47 Å². The molecule has 0 bridgehead atoms. The molecule has 1 amide bonds. The van der Waals surface area contributed by atoms with Crippen molar-refractivity contribution in [2.45, 2.75) is 26.9 Å². The molecule has 1 N–H and O–H groups in total. The first-order valence-electron chi connectivity index (χ1n) is 9.12. The van der Waals surface area contributed by atoms with Gasteiger partial charge in [0.1, 0.15) is 11.5 Å². The molecule has 2 aromatic carbocycles. The Balaban J connectivity index is 1.73. The number of benzene rings is 2. The van der Waals surface area contributed by atoms with Crippen molar-refractivity contribution in [3.8, 4) is 11.5 Å².